The zero-order chi connectivity index (χ0) is 25.0. The predicted octanol–water partition coefficient (Wildman–Crippen LogP) is 11.0. The number of rotatable bonds is 17. The molecule has 1 aromatic heterocycles. The molecule has 0 unspecified atom stereocenters. The summed E-state index contributed by atoms with van der Waals surface area (Å²) in [7, 11) is 0. The molecule has 0 saturated heterocycles. The summed E-state index contributed by atoms with van der Waals surface area (Å²) < 4.78 is 5.13. The number of aryl methyl sites for hydroxylation is 1. The zero-order valence-electron chi connectivity index (χ0n) is 23.0. The first kappa shape index (κ1) is 29.8. The van der Waals surface area contributed by atoms with E-state index in [1.165, 1.54) is 52.7 Å². The predicted molar refractivity (Wildman–Crippen MR) is 152 cm³/mol. The van der Waals surface area contributed by atoms with Crippen molar-refractivity contribution in [1.82, 2.24) is 0 Å². The Balaban J connectivity index is 2.19. The Morgan fingerprint density at radius 1 is 0.647 bits per heavy atom. The zero-order valence-corrected chi connectivity index (χ0v) is 23.0. The third-order valence-corrected chi connectivity index (χ3v) is 6.31. The first-order valence-electron chi connectivity index (χ1n) is 13.3. The average Bonchev–Trinajstić information content (AvgIpc) is 3.31. The van der Waals surface area contributed by atoms with Crippen LogP contribution in [-0.2, 0) is 6.42 Å². The fourth-order valence-corrected chi connectivity index (χ4v) is 3.90. The van der Waals surface area contributed by atoms with E-state index in [4.69, 9.17) is 4.42 Å². The largest absolute Gasteiger partial charge is 0.472 e. The van der Waals surface area contributed by atoms with Crippen LogP contribution in [0.3, 0.4) is 0 Å². The van der Waals surface area contributed by atoms with Crippen molar-refractivity contribution in [2.75, 3.05) is 0 Å². The number of hydrogen-bond acceptors (Lipinski definition) is 1. The molecular formula is C33H50O. The normalized spacial score (nSPS) is 14.5. The molecule has 0 fully saturated rings. The van der Waals surface area contributed by atoms with Crippen LogP contribution in [0.15, 0.2) is 93.4 Å². The Labute approximate surface area is 211 Å². The van der Waals surface area contributed by atoms with Gasteiger partial charge in [0.05, 0.1) is 12.5 Å². The average molecular weight is 463 g/mol. The summed E-state index contributed by atoms with van der Waals surface area (Å²) in [6, 6.07) is 2.05. The van der Waals surface area contributed by atoms with Gasteiger partial charge in [-0.2, -0.15) is 0 Å². The molecule has 0 N–H and O–H groups in total. The molecule has 0 bridgehead atoms. The topological polar surface area (TPSA) is 13.1 Å². The summed E-state index contributed by atoms with van der Waals surface area (Å²) in [5.41, 5.74) is 8.81. The molecule has 0 aliphatic rings. The van der Waals surface area contributed by atoms with Crippen LogP contribution >= 0.6 is 0 Å². The minimum absolute atomic E-state index is 1.07. The minimum Gasteiger partial charge on any atom is -0.472 e. The molecule has 0 radical (unpaired) electrons. The van der Waals surface area contributed by atoms with Crippen molar-refractivity contribution < 1.29 is 4.42 Å². The van der Waals surface area contributed by atoms with Crippen LogP contribution in [-0.4, -0.2) is 0 Å². The Kier molecular flexibility index (Phi) is 16.7. The standard InChI is InChI=1S/C33H50O/c1-7-8-14-28(2)15-9-16-29(3)17-10-18-30(4)19-11-20-31(5)21-12-22-32(6)23-13-24-33-25-26-34-27-33/h7-8,15,17,19,21,23,25-27H,9-14,16,18,20,22,24H2,1-6H3. The van der Waals surface area contributed by atoms with E-state index >= 15 is 0 Å². The minimum atomic E-state index is 1.07. The van der Waals surface area contributed by atoms with Gasteiger partial charge in [0, 0.05) is 0 Å². The highest BCUT2D eigenvalue weighted by Crippen LogP contribution is 2.15. The highest BCUT2D eigenvalue weighted by molar-refractivity contribution is 5.10. The van der Waals surface area contributed by atoms with E-state index in [2.05, 4.69) is 90.1 Å². The van der Waals surface area contributed by atoms with Gasteiger partial charge in [0.25, 0.3) is 0 Å². The van der Waals surface area contributed by atoms with Crippen molar-refractivity contribution in [3.05, 3.63) is 94.6 Å². The molecule has 0 aromatic carbocycles. The van der Waals surface area contributed by atoms with Crippen molar-refractivity contribution in [2.24, 2.45) is 0 Å². The molecule has 0 spiro atoms. The summed E-state index contributed by atoms with van der Waals surface area (Å²) in [5, 5.41) is 0. The fourth-order valence-electron chi connectivity index (χ4n) is 3.90. The van der Waals surface area contributed by atoms with Crippen molar-refractivity contribution >= 4 is 0 Å². The molecule has 1 aromatic rings. The molecule has 1 nitrogen and oxygen atoms in total. The van der Waals surface area contributed by atoms with Gasteiger partial charge >= 0.3 is 0 Å². The molecular weight excluding hydrogens is 412 g/mol. The van der Waals surface area contributed by atoms with Crippen molar-refractivity contribution in [3.8, 4) is 0 Å². The number of hydrogen-bond donors (Lipinski definition) is 0. The third kappa shape index (κ3) is 16.4. The highest BCUT2D eigenvalue weighted by Gasteiger charge is 1.96. The number of allylic oxidation sites excluding steroid dienone is 12. The summed E-state index contributed by atoms with van der Waals surface area (Å²) in [6.07, 6.45) is 32.6. The summed E-state index contributed by atoms with van der Waals surface area (Å²) in [5.74, 6) is 0. The van der Waals surface area contributed by atoms with Crippen LogP contribution in [0.25, 0.3) is 0 Å². The van der Waals surface area contributed by atoms with E-state index in [0.717, 1.165) is 51.4 Å². The summed E-state index contributed by atoms with van der Waals surface area (Å²) in [4.78, 5) is 0. The smallest absolute Gasteiger partial charge is 0.0934 e. The maximum atomic E-state index is 5.13. The lowest BCUT2D eigenvalue weighted by molar-refractivity contribution is 0.564. The monoisotopic (exact) mass is 462 g/mol. The van der Waals surface area contributed by atoms with E-state index in [1.807, 2.05) is 6.26 Å². The maximum absolute atomic E-state index is 5.13. The first-order valence-corrected chi connectivity index (χ1v) is 13.3. The van der Waals surface area contributed by atoms with Gasteiger partial charge in [-0.3, -0.25) is 0 Å². The van der Waals surface area contributed by atoms with Crippen LogP contribution in [0.2, 0.25) is 0 Å². The Morgan fingerprint density at radius 2 is 1.09 bits per heavy atom. The van der Waals surface area contributed by atoms with Gasteiger partial charge < -0.3 is 4.42 Å². The molecule has 1 rings (SSSR count). The molecule has 188 valence electrons. The van der Waals surface area contributed by atoms with E-state index in [9.17, 15) is 0 Å². The lowest BCUT2D eigenvalue weighted by Crippen LogP contribution is -1.84. The Hall–Kier alpha value is -2.28. The van der Waals surface area contributed by atoms with E-state index < -0.39 is 0 Å². The lowest BCUT2D eigenvalue weighted by atomic mass is 10.0. The van der Waals surface area contributed by atoms with Crippen molar-refractivity contribution in [3.63, 3.8) is 0 Å². The van der Waals surface area contributed by atoms with Crippen LogP contribution in [0, 0.1) is 0 Å². The Morgan fingerprint density at radius 3 is 1.50 bits per heavy atom. The van der Waals surface area contributed by atoms with Gasteiger partial charge in [-0.05, 0) is 124 Å². The maximum Gasteiger partial charge on any atom is 0.0934 e. The fraction of sp³-hybridized carbons (Fsp3) is 0.515. The van der Waals surface area contributed by atoms with Gasteiger partial charge in [-0.25, -0.2) is 0 Å². The SMILES string of the molecule is CC=CCC(C)=CCCC(C)=CCCC(C)=CCCC(C)=CCCC(C)=CCCc1ccoc1. The molecule has 1 heteroatoms. The molecule has 0 aliphatic carbocycles. The first-order chi connectivity index (χ1) is 16.4. The quantitative estimate of drug-likeness (QED) is 0.210. The lowest BCUT2D eigenvalue weighted by Gasteiger charge is -2.03. The van der Waals surface area contributed by atoms with Gasteiger partial charge in [0.15, 0.2) is 0 Å². The second-order valence-electron chi connectivity index (χ2n) is 9.85. The third-order valence-electron chi connectivity index (χ3n) is 6.31. The molecule has 0 saturated carbocycles. The molecule has 0 aliphatic heterocycles. The molecule has 34 heavy (non-hydrogen) atoms. The number of furan rings is 1. The second-order valence-corrected chi connectivity index (χ2v) is 9.85. The second kappa shape index (κ2) is 19.1. The summed E-state index contributed by atoms with van der Waals surface area (Å²) >= 11 is 0. The summed E-state index contributed by atoms with van der Waals surface area (Å²) in [6.45, 7) is 13.4. The van der Waals surface area contributed by atoms with Gasteiger partial charge in [0.2, 0.25) is 0 Å². The molecule has 0 amide bonds. The van der Waals surface area contributed by atoms with Crippen LogP contribution in [0.4, 0.5) is 0 Å². The van der Waals surface area contributed by atoms with Crippen LogP contribution < -0.4 is 0 Å². The highest BCUT2D eigenvalue weighted by atomic mass is 16.3. The molecule has 0 atom stereocenters. The Bertz CT molecular complexity index is 837. The van der Waals surface area contributed by atoms with E-state index in [1.54, 1.807) is 6.26 Å². The van der Waals surface area contributed by atoms with Gasteiger partial charge in [0.1, 0.15) is 0 Å². The van der Waals surface area contributed by atoms with Gasteiger partial charge in [-0.1, -0.05) is 70.4 Å². The van der Waals surface area contributed by atoms with Crippen molar-refractivity contribution in [2.45, 2.75) is 112 Å². The van der Waals surface area contributed by atoms with Crippen LogP contribution in [0.5, 0.6) is 0 Å². The molecule has 1 heterocycles. The van der Waals surface area contributed by atoms with E-state index in [0.29, 0.717) is 0 Å². The van der Waals surface area contributed by atoms with E-state index in [-0.39, 0.29) is 0 Å². The van der Waals surface area contributed by atoms with Crippen LogP contribution in [0.1, 0.15) is 111 Å². The van der Waals surface area contributed by atoms with Gasteiger partial charge in [-0.15, -0.1) is 0 Å². The van der Waals surface area contributed by atoms with Crippen molar-refractivity contribution in [1.29, 1.82) is 0 Å².